The van der Waals surface area contributed by atoms with Crippen molar-refractivity contribution in [2.24, 2.45) is 0 Å². The lowest BCUT2D eigenvalue weighted by Gasteiger charge is -2.11. The van der Waals surface area contributed by atoms with Gasteiger partial charge < -0.3 is 24.4 Å². The summed E-state index contributed by atoms with van der Waals surface area (Å²) in [4.78, 5) is 12.7. The summed E-state index contributed by atoms with van der Waals surface area (Å²) < 4.78 is 69.2. The van der Waals surface area contributed by atoms with Gasteiger partial charge in [-0.25, -0.2) is 16.8 Å². The summed E-state index contributed by atoms with van der Waals surface area (Å²) in [5.41, 5.74) is 0. The van der Waals surface area contributed by atoms with Gasteiger partial charge in [0.25, 0.3) is 0 Å². The Morgan fingerprint density at radius 1 is 0.511 bits per heavy atom. The summed E-state index contributed by atoms with van der Waals surface area (Å²) in [6.07, 6.45) is 3.86. The molecule has 47 heavy (non-hydrogen) atoms. The molecule has 0 aliphatic heterocycles. The number of benzene rings is 4. The third-order valence-electron chi connectivity index (χ3n) is 6.78. The Morgan fingerprint density at radius 3 is 1.26 bits per heavy atom. The molecule has 0 unspecified atom stereocenters. The molecule has 4 aromatic carbocycles. The molecule has 0 saturated heterocycles. The van der Waals surface area contributed by atoms with E-state index < -0.39 is 19.7 Å². The zero-order valence-corrected chi connectivity index (χ0v) is 26.8. The maximum Gasteiger partial charge on any atom is 0.331 e. The highest BCUT2D eigenvalue weighted by atomic mass is 32.2. The van der Waals surface area contributed by atoms with Crippen molar-refractivity contribution in [3.05, 3.63) is 97.1 Å². The average Bonchev–Trinajstić information content (AvgIpc) is 3.05. The van der Waals surface area contributed by atoms with E-state index in [0.29, 0.717) is 6.61 Å². The standard InChI is InChI=1S/C33H31N3O9S2/c1-2-3-4-5-22-43-31-34-32(44-25-10-18-29(19-11-25)46(39,40)27-14-6-23(37)7-15-27)36-33(35-31)45-26-12-20-30(21-13-26)47(41,42)28-16-8-24(38)9-17-28/h6-21,37-38H,2-5,22H2,1H3. The third-order valence-corrected chi connectivity index (χ3v) is 10.4. The molecule has 14 heteroatoms. The molecule has 1 aromatic heterocycles. The van der Waals surface area contributed by atoms with Crippen molar-refractivity contribution in [2.45, 2.75) is 52.2 Å². The lowest BCUT2D eigenvalue weighted by molar-refractivity contribution is 0.268. The number of hydrogen-bond acceptors (Lipinski definition) is 12. The minimum atomic E-state index is -3.84. The Morgan fingerprint density at radius 2 is 0.872 bits per heavy atom. The molecule has 12 nitrogen and oxygen atoms in total. The smallest absolute Gasteiger partial charge is 0.331 e. The highest BCUT2D eigenvalue weighted by Gasteiger charge is 2.20. The maximum atomic E-state index is 13.0. The van der Waals surface area contributed by atoms with Crippen LogP contribution in [0.2, 0.25) is 0 Å². The molecule has 0 aliphatic rings. The van der Waals surface area contributed by atoms with Gasteiger partial charge in [0.05, 0.1) is 26.2 Å². The van der Waals surface area contributed by atoms with Crippen LogP contribution in [-0.2, 0) is 19.7 Å². The van der Waals surface area contributed by atoms with Gasteiger partial charge in [0.2, 0.25) is 19.7 Å². The molecule has 0 saturated carbocycles. The molecule has 0 aliphatic carbocycles. The van der Waals surface area contributed by atoms with Crippen molar-refractivity contribution in [3.8, 4) is 41.0 Å². The SMILES string of the molecule is CCCCCCOc1nc(Oc2ccc(S(=O)(=O)c3ccc(O)cc3)cc2)nc(Oc2ccc(S(=O)(=O)c3ccc(O)cc3)cc2)n1. The molecule has 0 atom stereocenters. The van der Waals surface area contributed by atoms with E-state index >= 15 is 0 Å². The second-order valence-corrected chi connectivity index (χ2v) is 14.1. The van der Waals surface area contributed by atoms with Gasteiger partial charge in [-0.2, -0.15) is 0 Å². The van der Waals surface area contributed by atoms with E-state index in [0.717, 1.165) is 25.7 Å². The predicted octanol–water partition coefficient (Wildman–Crippen LogP) is 6.49. The van der Waals surface area contributed by atoms with E-state index in [4.69, 9.17) is 14.2 Å². The van der Waals surface area contributed by atoms with Crippen LogP contribution in [0, 0.1) is 0 Å². The number of rotatable bonds is 14. The minimum Gasteiger partial charge on any atom is -0.508 e. The number of aromatic hydroxyl groups is 2. The summed E-state index contributed by atoms with van der Waals surface area (Å²) in [6.45, 7) is 2.45. The fraction of sp³-hybridized carbons (Fsp3) is 0.182. The third kappa shape index (κ3) is 8.34. The van der Waals surface area contributed by atoms with Gasteiger partial charge in [-0.05, 0) is 103 Å². The van der Waals surface area contributed by atoms with Crippen LogP contribution in [0.1, 0.15) is 32.6 Å². The van der Waals surface area contributed by atoms with Gasteiger partial charge in [0, 0.05) is 0 Å². The lowest BCUT2D eigenvalue weighted by Crippen LogP contribution is -2.06. The number of sulfone groups is 2. The van der Waals surface area contributed by atoms with Crippen molar-refractivity contribution < 1.29 is 41.3 Å². The van der Waals surface area contributed by atoms with E-state index in [2.05, 4.69) is 21.9 Å². The maximum absolute atomic E-state index is 13.0. The van der Waals surface area contributed by atoms with Crippen LogP contribution in [0.5, 0.6) is 41.0 Å². The number of aromatic nitrogens is 3. The first-order valence-electron chi connectivity index (χ1n) is 14.6. The molecule has 5 aromatic rings. The first-order chi connectivity index (χ1) is 22.5. The monoisotopic (exact) mass is 677 g/mol. The van der Waals surface area contributed by atoms with Crippen LogP contribution in [0.15, 0.2) is 117 Å². The van der Waals surface area contributed by atoms with Crippen LogP contribution in [-0.4, -0.2) is 48.6 Å². The number of hydrogen-bond donors (Lipinski definition) is 2. The van der Waals surface area contributed by atoms with Gasteiger partial charge >= 0.3 is 18.0 Å². The van der Waals surface area contributed by atoms with E-state index in [-0.39, 0.29) is 60.6 Å². The second-order valence-electron chi connectivity index (χ2n) is 10.2. The quantitative estimate of drug-likeness (QED) is 0.122. The van der Waals surface area contributed by atoms with Crippen LogP contribution in [0.4, 0.5) is 0 Å². The molecule has 0 spiro atoms. The topological polar surface area (TPSA) is 175 Å². The van der Waals surface area contributed by atoms with Gasteiger partial charge in [-0.1, -0.05) is 26.2 Å². The van der Waals surface area contributed by atoms with Crippen molar-refractivity contribution in [2.75, 3.05) is 6.61 Å². The summed E-state index contributed by atoms with van der Waals surface area (Å²) >= 11 is 0. The zero-order chi connectivity index (χ0) is 33.4. The van der Waals surface area contributed by atoms with Crippen LogP contribution in [0.3, 0.4) is 0 Å². The first-order valence-corrected chi connectivity index (χ1v) is 17.5. The Bertz CT molecular complexity index is 1880. The highest BCUT2D eigenvalue weighted by molar-refractivity contribution is 7.91. The van der Waals surface area contributed by atoms with Crippen LogP contribution >= 0.6 is 0 Å². The molecule has 1 heterocycles. The summed E-state index contributed by atoms with van der Waals surface area (Å²) in [5, 5.41) is 19.0. The molecule has 0 amide bonds. The number of unbranched alkanes of at least 4 members (excludes halogenated alkanes) is 3. The highest BCUT2D eigenvalue weighted by Crippen LogP contribution is 2.29. The van der Waals surface area contributed by atoms with Gasteiger partial charge in [0.15, 0.2) is 0 Å². The Kier molecular flexibility index (Phi) is 10.2. The van der Waals surface area contributed by atoms with E-state index in [1.165, 1.54) is 97.1 Å². The van der Waals surface area contributed by atoms with Crippen molar-refractivity contribution >= 4 is 19.7 Å². The Hall–Kier alpha value is -5.21. The fourth-order valence-corrected chi connectivity index (χ4v) is 6.80. The van der Waals surface area contributed by atoms with E-state index in [1.807, 2.05) is 0 Å². The number of ether oxygens (including phenoxy) is 3. The number of phenolic OH excluding ortho intramolecular Hbond substituents is 2. The van der Waals surface area contributed by atoms with Crippen molar-refractivity contribution in [1.29, 1.82) is 0 Å². The first kappa shape index (κ1) is 33.2. The molecule has 5 rings (SSSR count). The fourth-order valence-electron chi connectivity index (χ4n) is 4.28. The van der Waals surface area contributed by atoms with Crippen molar-refractivity contribution in [3.63, 3.8) is 0 Å². The summed E-state index contributed by atoms with van der Waals surface area (Å²) in [6, 6.07) is 21.3. The number of phenols is 2. The van der Waals surface area contributed by atoms with Gasteiger partial charge in [0.1, 0.15) is 23.0 Å². The Labute approximate surface area is 272 Å². The largest absolute Gasteiger partial charge is 0.508 e. The normalized spacial score (nSPS) is 11.6. The molecular weight excluding hydrogens is 647 g/mol. The molecule has 0 radical (unpaired) electrons. The molecule has 0 fully saturated rings. The van der Waals surface area contributed by atoms with Gasteiger partial charge in [-0.3, -0.25) is 0 Å². The summed E-state index contributed by atoms with van der Waals surface area (Å²) in [5.74, 6) is 0.357. The van der Waals surface area contributed by atoms with Crippen molar-refractivity contribution in [1.82, 2.24) is 15.0 Å². The van der Waals surface area contributed by atoms with E-state index in [9.17, 15) is 27.0 Å². The Balaban J connectivity index is 1.35. The lowest BCUT2D eigenvalue weighted by atomic mass is 10.2. The summed E-state index contributed by atoms with van der Waals surface area (Å²) in [7, 11) is -7.67. The van der Waals surface area contributed by atoms with Crippen LogP contribution < -0.4 is 14.2 Å². The molecule has 244 valence electrons. The molecule has 0 bridgehead atoms. The average molecular weight is 678 g/mol. The van der Waals surface area contributed by atoms with Crippen LogP contribution in [0.25, 0.3) is 0 Å². The minimum absolute atomic E-state index is 0.0159. The zero-order valence-electron chi connectivity index (χ0n) is 25.2. The van der Waals surface area contributed by atoms with E-state index in [1.54, 1.807) is 0 Å². The number of nitrogens with zero attached hydrogens (tertiary/aromatic N) is 3. The predicted molar refractivity (Wildman–Crippen MR) is 170 cm³/mol. The second kappa shape index (κ2) is 14.5. The molecular formula is C33H31N3O9S2. The molecule has 2 N–H and O–H groups in total. The van der Waals surface area contributed by atoms with Gasteiger partial charge in [-0.15, -0.1) is 15.0 Å².